The second kappa shape index (κ2) is 4.85. The zero-order valence-corrected chi connectivity index (χ0v) is 10.6. The Hall–Kier alpha value is -1.40. The Bertz CT molecular complexity index is 405. The predicted molar refractivity (Wildman–Crippen MR) is 67.1 cm³/mol. The van der Waals surface area contributed by atoms with Gasteiger partial charge in [-0.15, -0.1) is 0 Å². The molecule has 1 atom stereocenters. The quantitative estimate of drug-likeness (QED) is 0.782. The van der Waals surface area contributed by atoms with Gasteiger partial charge in [-0.25, -0.2) is 0 Å². The largest absolute Gasteiger partial charge is 0.291 e. The van der Waals surface area contributed by atoms with Gasteiger partial charge < -0.3 is 0 Å². The lowest BCUT2D eigenvalue weighted by molar-refractivity contribution is 0.0370. The highest BCUT2D eigenvalue weighted by molar-refractivity contribution is 5.07. The van der Waals surface area contributed by atoms with Crippen LogP contribution in [0.4, 0.5) is 0 Å². The van der Waals surface area contributed by atoms with Crippen molar-refractivity contribution in [2.75, 3.05) is 6.54 Å². The Morgan fingerprint density at radius 2 is 2.35 bits per heavy atom. The van der Waals surface area contributed by atoms with Crippen LogP contribution in [0.2, 0.25) is 0 Å². The summed E-state index contributed by atoms with van der Waals surface area (Å²) in [5.41, 5.74) is 1.03. The molecule has 0 aromatic carbocycles. The van der Waals surface area contributed by atoms with Crippen molar-refractivity contribution in [3.8, 4) is 6.07 Å². The average Bonchev–Trinajstić information content (AvgIpc) is 2.33. The minimum Gasteiger partial charge on any atom is -0.291 e. The van der Waals surface area contributed by atoms with Crippen LogP contribution in [0.15, 0.2) is 24.4 Å². The molecule has 1 fully saturated rings. The fourth-order valence-corrected chi connectivity index (χ4v) is 2.54. The normalized spacial score (nSPS) is 24.2. The third-order valence-electron chi connectivity index (χ3n) is 3.82. The molecule has 3 heteroatoms. The van der Waals surface area contributed by atoms with Crippen molar-refractivity contribution in [3.63, 3.8) is 0 Å². The molecule has 1 aromatic rings. The standard InChI is InChI=1S/C14H19N3/c1-14(2)12(10-15)6-5-9-17(14)11-13-7-3-4-8-16-13/h3-4,7-8,12H,5-6,9,11H2,1-2H3. The third-order valence-corrected chi connectivity index (χ3v) is 3.82. The molecule has 2 heterocycles. The molecular weight excluding hydrogens is 210 g/mol. The van der Waals surface area contributed by atoms with E-state index in [2.05, 4.69) is 29.8 Å². The Kier molecular flexibility index (Phi) is 3.44. The van der Waals surface area contributed by atoms with Gasteiger partial charge in [-0.2, -0.15) is 5.26 Å². The fraction of sp³-hybridized carbons (Fsp3) is 0.571. The molecule has 1 aromatic heterocycles. The van der Waals surface area contributed by atoms with Gasteiger partial charge in [-0.05, 0) is 45.4 Å². The monoisotopic (exact) mass is 229 g/mol. The maximum Gasteiger partial charge on any atom is 0.0675 e. The van der Waals surface area contributed by atoms with Crippen molar-refractivity contribution in [2.24, 2.45) is 5.92 Å². The first-order valence-electron chi connectivity index (χ1n) is 6.19. The molecule has 2 rings (SSSR count). The zero-order chi connectivity index (χ0) is 12.3. The highest BCUT2D eigenvalue weighted by Crippen LogP contribution is 2.33. The van der Waals surface area contributed by atoms with Crippen molar-refractivity contribution in [2.45, 2.75) is 38.8 Å². The summed E-state index contributed by atoms with van der Waals surface area (Å²) in [6.45, 7) is 6.24. The van der Waals surface area contributed by atoms with E-state index < -0.39 is 0 Å². The summed E-state index contributed by atoms with van der Waals surface area (Å²) in [4.78, 5) is 6.75. The maximum atomic E-state index is 9.22. The van der Waals surface area contributed by atoms with E-state index in [4.69, 9.17) is 0 Å². The van der Waals surface area contributed by atoms with Gasteiger partial charge in [0.25, 0.3) is 0 Å². The Morgan fingerprint density at radius 3 is 3.00 bits per heavy atom. The van der Waals surface area contributed by atoms with Crippen molar-refractivity contribution in [1.29, 1.82) is 5.26 Å². The minimum atomic E-state index is -0.0511. The highest BCUT2D eigenvalue weighted by atomic mass is 15.2. The minimum absolute atomic E-state index is 0.0511. The number of nitrogens with zero attached hydrogens (tertiary/aromatic N) is 3. The van der Waals surface area contributed by atoms with E-state index in [0.717, 1.165) is 31.6 Å². The van der Waals surface area contributed by atoms with Crippen molar-refractivity contribution in [1.82, 2.24) is 9.88 Å². The number of pyridine rings is 1. The van der Waals surface area contributed by atoms with E-state index in [1.807, 2.05) is 24.4 Å². The molecule has 1 unspecified atom stereocenters. The Balaban J connectivity index is 2.13. The van der Waals surface area contributed by atoms with E-state index in [-0.39, 0.29) is 11.5 Å². The van der Waals surface area contributed by atoms with Crippen LogP contribution < -0.4 is 0 Å². The Labute approximate surface area is 103 Å². The molecule has 0 bridgehead atoms. The molecule has 3 nitrogen and oxygen atoms in total. The smallest absolute Gasteiger partial charge is 0.0675 e. The summed E-state index contributed by atoms with van der Waals surface area (Å²) in [7, 11) is 0. The molecule has 1 aliphatic heterocycles. The topological polar surface area (TPSA) is 39.9 Å². The first-order valence-corrected chi connectivity index (χ1v) is 6.19. The molecule has 0 N–H and O–H groups in total. The molecule has 0 saturated carbocycles. The number of rotatable bonds is 2. The van der Waals surface area contributed by atoms with Gasteiger partial charge in [0.05, 0.1) is 17.7 Å². The van der Waals surface area contributed by atoms with Crippen molar-refractivity contribution >= 4 is 0 Å². The SMILES string of the molecule is CC1(C)C(C#N)CCCN1Cc1ccccn1. The summed E-state index contributed by atoms with van der Waals surface area (Å²) >= 11 is 0. The Morgan fingerprint density at radius 1 is 1.53 bits per heavy atom. The van der Waals surface area contributed by atoms with Gasteiger partial charge in [-0.3, -0.25) is 9.88 Å². The number of hydrogen-bond donors (Lipinski definition) is 0. The lowest BCUT2D eigenvalue weighted by atomic mass is 9.80. The first kappa shape index (κ1) is 12.1. The fourth-order valence-electron chi connectivity index (χ4n) is 2.54. The summed E-state index contributed by atoms with van der Waals surface area (Å²) < 4.78 is 0. The number of nitriles is 1. The van der Waals surface area contributed by atoms with Crippen LogP contribution in [0, 0.1) is 17.2 Å². The van der Waals surface area contributed by atoms with Crippen LogP contribution in [0.5, 0.6) is 0 Å². The van der Waals surface area contributed by atoms with E-state index in [9.17, 15) is 5.26 Å². The molecule has 1 aliphatic rings. The van der Waals surface area contributed by atoms with Gasteiger partial charge in [-0.1, -0.05) is 6.07 Å². The van der Waals surface area contributed by atoms with E-state index in [1.54, 1.807) is 0 Å². The lowest BCUT2D eigenvalue weighted by Gasteiger charge is -2.45. The van der Waals surface area contributed by atoms with E-state index >= 15 is 0 Å². The second-order valence-corrected chi connectivity index (χ2v) is 5.22. The second-order valence-electron chi connectivity index (χ2n) is 5.22. The molecule has 0 spiro atoms. The lowest BCUT2D eigenvalue weighted by Crippen LogP contribution is -2.52. The average molecular weight is 229 g/mol. The van der Waals surface area contributed by atoms with Gasteiger partial charge in [0.2, 0.25) is 0 Å². The van der Waals surface area contributed by atoms with Crippen LogP contribution in [-0.4, -0.2) is 22.0 Å². The number of hydrogen-bond acceptors (Lipinski definition) is 3. The maximum absolute atomic E-state index is 9.22. The van der Waals surface area contributed by atoms with E-state index in [0.29, 0.717) is 0 Å². The summed E-state index contributed by atoms with van der Waals surface area (Å²) in [5.74, 6) is 0.125. The molecule has 0 radical (unpaired) electrons. The van der Waals surface area contributed by atoms with Crippen molar-refractivity contribution in [3.05, 3.63) is 30.1 Å². The van der Waals surface area contributed by atoms with E-state index in [1.165, 1.54) is 0 Å². The zero-order valence-electron chi connectivity index (χ0n) is 10.6. The molecule has 90 valence electrons. The van der Waals surface area contributed by atoms with Gasteiger partial charge >= 0.3 is 0 Å². The van der Waals surface area contributed by atoms with Crippen molar-refractivity contribution < 1.29 is 0 Å². The first-order chi connectivity index (χ1) is 8.14. The highest BCUT2D eigenvalue weighted by Gasteiger charge is 2.38. The summed E-state index contributed by atoms with van der Waals surface area (Å²) in [6, 6.07) is 8.44. The molecule has 1 saturated heterocycles. The molecule has 0 aliphatic carbocycles. The molecular formula is C14H19N3. The molecule has 0 amide bonds. The van der Waals surface area contributed by atoms with Gasteiger partial charge in [0, 0.05) is 18.3 Å². The number of aromatic nitrogens is 1. The van der Waals surface area contributed by atoms with Crippen LogP contribution in [0.3, 0.4) is 0 Å². The molecule has 17 heavy (non-hydrogen) atoms. The van der Waals surface area contributed by atoms with Gasteiger partial charge in [0.1, 0.15) is 0 Å². The summed E-state index contributed by atoms with van der Waals surface area (Å²) in [6.07, 6.45) is 3.95. The number of likely N-dealkylation sites (tertiary alicyclic amines) is 1. The number of piperidine rings is 1. The summed E-state index contributed by atoms with van der Waals surface area (Å²) in [5, 5.41) is 9.22. The van der Waals surface area contributed by atoms with Gasteiger partial charge in [0.15, 0.2) is 0 Å². The van der Waals surface area contributed by atoms with Crippen LogP contribution in [0.1, 0.15) is 32.4 Å². The predicted octanol–water partition coefficient (Wildman–Crippen LogP) is 2.60. The van der Waals surface area contributed by atoms with Crippen LogP contribution >= 0.6 is 0 Å². The van der Waals surface area contributed by atoms with Crippen LogP contribution in [-0.2, 0) is 6.54 Å². The third kappa shape index (κ3) is 2.48. The van der Waals surface area contributed by atoms with Crippen LogP contribution in [0.25, 0.3) is 0 Å².